The second-order valence-corrected chi connectivity index (χ2v) is 9.08. The Hall–Kier alpha value is -1.28. The average molecular weight is 389 g/mol. The van der Waals surface area contributed by atoms with Gasteiger partial charge in [0.2, 0.25) is 11.8 Å². The van der Waals surface area contributed by atoms with Crippen LogP contribution in [0.1, 0.15) is 27.2 Å². The Labute approximate surface area is 155 Å². The third-order valence-corrected chi connectivity index (χ3v) is 5.23. The van der Waals surface area contributed by atoms with E-state index in [0.717, 1.165) is 0 Å². The van der Waals surface area contributed by atoms with Crippen molar-refractivity contribution in [1.29, 1.82) is 0 Å². The van der Waals surface area contributed by atoms with Crippen LogP contribution in [0, 0.1) is 5.41 Å². The zero-order valence-electron chi connectivity index (χ0n) is 14.4. The molecule has 0 saturated carbocycles. The first-order valence-corrected chi connectivity index (χ1v) is 9.92. The van der Waals surface area contributed by atoms with Gasteiger partial charge in [-0.15, -0.1) is 11.8 Å². The smallest absolute Gasteiger partial charge is 0.288 e. The highest BCUT2D eigenvalue weighted by Crippen LogP contribution is 2.29. The molecule has 1 fully saturated rings. The van der Waals surface area contributed by atoms with Crippen molar-refractivity contribution in [3.05, 3.63) is 24.3 Å². The number of benzene rings is 1. The fourth-order valence-electron chi connectivity index (χ4n) is 2.44. The van der Waals surface area contributed by atoms with Gasteiger partial charge in [-0.25, -0.2) is 0 Å². The van der Waals surface area contributed by atoms with Crippen molar-refractivity contribution < 1.29 is 18.4 Å². The molecule has 1 saturated heterocycles. The van der Waals surface area contributed by atoms with Crippen LogP contribution in [0.15, 0.2) is 29.2 Å². The van der Waals surface area contributed by atoms with Gasteiger partial charge in [0.1, 0.15) is 6.04 Å². The molecule has 0 aliphatic carbocycles. The summed E-state index contributed by atoms with van der Waals surface area (Å²) in [7, 11) is 0. The summed E-state index contributed by atoms with van der Waals surface area (Å²) in [6, 6.07) is 5.81. The summed E-state index contributed by atoms with van der Waals surface area (Å²) >= 11 is 1.97. The van der Waals surface area contributed by atoms with E-state index in [2.05, 4.69) is 5.32 Å². The monoisotopic (exact) mass is 388 g/mol. The molecule has 1 heterocycles. The standard InChI is InChI=1S/C17H22F2N2O2S2/c1-17(2,3)8-14(22)21-10-24-9-13(21)15(23)20-11-5-4-6-12(7-11)25-16(18)19/h4-7,13,16H,8-10H2,1-3H3,(H,20,23). The van der Waals surface area contributed by atoms with Crippen molar-refractivity contribution in [2.75, 3.05) is 16.9 Å². The minimum absolute atomic E-state index is 0.0420. The second kappa shape index (κ2) is 8.40. The summed E-state index contributed by atoms with van der Waals surface area (Å²) in [6.45, 7) is 5.94. The number of rotatable bonds is 5. The van der Waals surface area contributed by atoms with E-state index in [0.29, 0.717) is 40.4 Å². The van der Waals surface area contributed by atoms with Crippen LogP contribution < -0.4 is 5.32 Å². The molecule has 2 amide bonds. The minimum atomic E-state index is -2.51. The maximum absolute atomic E-state index is 12.6. The van der Waals surface area contributed by atoms with E-state index in [9.17, 15) is 18.4 Å². The van der Waals surface area contributed by atoms with Gasteiger partial charge < -0.3 is 10.2 Å². The van der Waals surface area contributed by atoms with Crippen molar-refractivity contribution >= 4 is 41.0 Å². The first-order chi connectivity index (χ1) is 11.7. The molecule has 1 aliphatic rings. The number of thioether (sulfide) groups is 2. The molecule has 0 spiro atoms. The highest BCUT2D eigenvalue weighted by atomic mass is 32.2. The molecule has 8 heteroatoms. The fourth-order valence-corrected chi connectivity index (χ4v) is 4.17. The summed E-state index contributed by atoms with van der Waals surface area (Å²) < 4.78 is 24.9. The molecule has 1 unspecified atom stereocenters. The first kappa shape index (κ1) is 20.0. The van der Waals surface area contributed by atoms with Crippen LogP contribution >= 0.6 is 23.5 Å². The number of halogens is 2. The van der Waals surface area contributed by atoms with Gasteiger partial charge in [-0.1, -0.05) is 38.6 Å². The van der Waals surface area contributed by atoms with Gasteiger partial charge in [-0.2, -0.15) is 8.78 Å². The van der Waals surface area contributed by atoms with Gasteiger partial charge >= 0.3 is 0 Å². The lowest BCUT2D eigenvalue weighted by Crippen LogP contribution is -2.45. The van der Waals surface area contributed by atoms with E-state index in [-0.39, 0.29) is 17.2 Å². The van der Waals surface area contributed by atoms with Crippen LogP contribution in [0.4, 0.5) is 14.5 Å². The lowest BCUT2D eigenvalue weighted by atomic mass is 9.91. The Morgan fingerprint density at radius 2 is 2.12 bits per heavy atom. The lowest BCUT2D eigenvalue weighted by Gasteiger charge is -2.26. The van der Waals surface area contributed by atoms with Crippen molar-refractivity contribution in [3.63, 3.8) is 0 Å². The van der Waals surface area contributed by atoms with Crippen LogP contribution in [-0.4, -0.2) is 40.1 Å². The third-order valence-electron chi connectivity index (χ3n) is 3.51. The summed E-state index contributed by atoms with van der Waals surface area (Å²) in [5, 5.41) is 2.74. The van der Waals surface area contributed by atoms with Gasteiger partial charge in [0.25, 0.3) is 5.76 Å². The summed E-state index contributed by atoms with van der Waals surface area (Å²) in [5.74, 6) is -1.81. The van der Waals surface area contributed by atoms with Gasteiger partial charge in [0, 0.05) is 22.8 Å². The fraction of sp³-hybridized carbons (Fsp3) is 0.529. The molecule has 1 aromatic carbocycles. The van der Waals surface area contributed by atoms with E-state index in [4.69, 9.17) is 0 Å². The average Bonchev–Trinajstić information content (AvgIpc) is 2.94. The molecule has 1 aromatic rings. The highest BCUT2D eigenvalue weighted by Gasteiger charge is 2.35. The largest absolute Gasteiger partial charge is 0.324 e. The van der Waals surface area contributed by atoms with E-state index in [1.54, 1.807) is 23.1 Å². The third kappa shape index (κ3) is 6.18. The molecular weight excluding hydrogens is 366 g/mol. The number of nitrogens with zero attached hydrogens (tertiary/aromatic N) is 1. The van der Waals surface area contributed by atoms with Crippen LogP contribution in [0.5, 0.6) is 0 Å². The molecule has 0 radical (unpaired) electrons. The zero-order chi connectivity index (χ0) is 18.6. The number of hydrogen-bond donors (Lipinski definition) is 1. The van der Waals surface area contributed by atoms with Crippen LogP contribution in [0.25, 0.3) is 0 Å². The van der Waals surface area contributed by atoms with Crippen LogP contribution in [0.3, 0.4) is 0 Å². The van der Waals surface area contributed by atoms with Gasteiger partial charge in [-0.05, 0) is 23.6 Å². The number of hydrogen-bond acceptors (Lipinski definition) is 4. The van der Waals surface area contributed by atoms with Crippen LogP contribution in [-0.2, 0) is 9.59 Å². The molecule has 0 bridgehead atoms. The Morgan fingerprint density at radius 1 is 1.40 bits per heavy atom. The molecule has 1 N–H and O–H groups in total. The summed E-state index contributed by atoms with van der Waals surface area (Å²) in [4.78, 5) is 27.0. The van der Waals surface area contributed by atoms with Gasteiger partial charge in [-0.3, -0.25) is 9.59 Å². The number of amides is 2. The molecular formula is C17H22F2N2O2S2. The molecule has 138 valence electrons. The highest BCUT2D eigenvalue weighted by molar-refractivity contribution is 7.99. The maximum atomic E-state index is 12.6. The van der Waals surface area contributed by atoms with E-state index >= 15 is 0 Å². The minimum Gasteiger partial charge on any atom is -0.324 e. The van der Waals surface area contributed by atoms with Crippen molar-refractivity contribution in [2.45, 2.75) is 43.9 Å². The normalized spacial score (nSPS) is 17.8. The first-order valence-electron chi connectivity index (χ1n) is 7.89. The topological polar surface area (TPSA) is 49.4 Å². The van der Waals surface area contributed by atoms with Crippen molar-refractivity contribution in [1.82, 2.24) is 4.90 Å². The summed E-state index contributed by atoms with van der Waals surface area (Å²) in [5.41, 5.74) is 0.308. The molecule has 25 heavy (non-hydrogen) atoms. The maximum Gasteiger partial charge on any atom is 0.288 e. The molecule has 4 nitrogen and oxygen atoms in total. The molecule has 1 atom stereocenters. The SMILES string of the molecule is CC(C)(C)CC(=O)N1CSCC1C(=O)Nc1cccc(SC(F)F)c1. The Kier molecular flexibility index (Phi) is 6.73. The van der Waals surface area contributed by atoms with Crippen LogP contribution in [0.2, 0.25) is 0 Å². The quantitative estimate of drug-likeness (QED) is 0.765. The van der Waals surface area contributed by atoms with E-state index < -0.39 is 11.8 Å². The molecule has 2 rings (SSSR count). The number of nitrogens with one attached hydrogen (secondary N) is 1. The predicted molar refractivity (Wildman–Crippen MR) is 99.0 cm³/mol. The van der Waals surface area contributed by atoms with Gasteiger partial charge in [0.05, 0.1) is 5.88 Å². The number of carbonyl (C=O) groups excluding carboxylic acids is 2. The Morgan fingerprint density at radius 3 is 2.76 bits per heavy atom. The second-order valence-electron chi connectivity index (χ2n) is 7.01. The molecule has 1 aliphatic heterocycles. The number of anilines is 1. The number of alkyl halides is 2. The Bertz CT molecular complexity index is 635. The van der Waals surface area contributed by atoms with E-state index in [1.165, 1.54) is 17.8 Å². The Balaban J connectivity index is 2.03. The lowest BCUT2D eigenvalue weighted by molar-refractivity contribution is -0.137. The summed E-state index contributed by atoms with van der Waals surface area (Å²) in [6.07, 6.45) is 0.373. The van der Waals surface area contributed by atoms with Gasteiger partial charge in [0.15, 0.2) is 0 Å². The zero-order valence-corrected chi connectivity index (χ0v) is 16.1. The van der Waals surface area contributed by atoms with Crippen molar-refractivity contribution in [3.8, 4) is 0 Å². The van der Waals surface area contributed by atoms with Crippen molar-refractivity contribution in [2.24, 2.45) is 5.41 Å². The predicted octanol–water partition coefficient (Wildman–Crippen LogP) is 4.28. The number of carbonyl (C=O) groups is 2. The van der Waals surface area contributed by atoms with E-state index in [1.807, 2.05) is 20.8 Å². The molecule has 0 aromatic heterocycles.